The third-order valence-corrected chi connectivity index (χ3v) is 3.41. The van der Waals surface area contributed by atoms with Crippen LogP contribution in [0, 0.1) is 11.8 Å². The molecule has 0 aliphatic rings. The van der Waals surface area contributed by atoms with Crippen molar-refractivity contribution >= 4 is 0 Å². The van der Waals surface area contributed by atoms with Gasteiger partial charge in [0.15, 0.2) is 0 Å². The first-order valence-corrected chi connectivity index (χ1v) is 6.85. The first-order chi connectivity index (χ1) is 7.24. The van der Waals surface area contributed by atoms with Gasteiger partial charge in [0.1, 0.15) is 0 Å². The summed E-state index contributed by atoms with van der Waals surface area (Å²) >= 11 is 0. The lowest BCUT2D eigenvalue weighted by molar-refractivity contribution is 0.226. The van der Waals surface area contributed by atoms with E-state index in [0.29, 0.717) is 12.5 Å². The Hall–Kier alpha value is -0.0400. The summed E-state index contributed by atoms with van der Waals surface area (Å²) in [6.45, 7) is 7.08. The van der Waals surface area contributed by atoms with Crippen LogP contribution in [0.25, 0.3) is 0 Å². The molecule has 15 heavy (non-hydrogen) atoms. The lowest BCUT2D eigenvalue weighted by Crippen LogP contribution is -2.02. The highest BCUT2D eigenvalue weighted by Crippen LogP contribution is 2.20. The van der Waals surface area contributed by atoms with Crippen LogP contribution in [-0.4, -0.2) is 11.7 Å². The Morgan fingerprint density at radius 3 is 2.07 bits per heavy atom. The summed E-state index contributed by atoms with van der Waals surface area (Å²) in [6, 6.07) is 0. The summed E-state index contributed by atoms with van der Waals surface area (Å²) < 4.78 is 0. The number of hydrogen-bond donors (Lipinski definition) is 1. The second-order valence-electron chi connectivity index (χ2n) is 4.99. The molecule has 0 amide bonds. The average molecular weight is 214 g/mol. The van der Waals surface area contributed by atoms with Crippen LogP contribution in [0.5, 0.6) is 0 Å². The van der Waals surface area contributed by atoms with E-state index < -0.39 is 0 Å². The molecule has 0 spiro atoms. The predicted octanol–water partition coefficient (Wildman–Crippen LogP) is 4.39. The monoisotopic (exact) mass is 214 g/mol. The molecule has 0 aromatic rings. The molecule has 1 N–H and O–H groups in total. The van der Waals surface area contributed by atoms with Crippen LogP contribution >= 0.6 is 0 Å². The van der Waals surface area contributed by atoms with Crippen molar-refractivity contribution in [3.05, 3.63) is 0 Å². The minimum atomic E-state index is 0.354. The summed E-state index contributed by atoms with van der Waals surface area (Å²) in [6.07, 6.45) is 10.7. The molecule has 0 saturated heterocycles. The molecule has 0 aliphatic heterocycles. The predicted molar refractivity (Wildman–Crippen MR) is 68.0 cm³/mol. The number of hydrogen-bond acceptors (Lipinski definition) is 1. The molecule has 92 valence electrons. The first kappa shape index (κ1) is 15.0. The molecular weight excluding hydrogens is 184 g/mol. The van der Waals surface area contributed by atoms with Crippen molar-refractivity contribution in [3.8, 4) is 0 Å². The molecule has 0 fully saturated rings. The van der Waals surface area contributed by atoms with Gasteiger partial charge in [0, 0.05) is 6.61 Å². The van der Waals surface area contributed by atoms with Crippen molar-refractivity contribution in [3.63, 3.8) is 0 Å². The fourth-order valence-electron chi connectivity index (χ4n) is 2.06. The molecular formula is C14H30O. The normalized spacial score (nSPS) is 15.2. The average Bonchev–Trinajstić information content (AvgIpc) is 2.27. The van der Waals surface area contributed by atoms with Gasteiger partial charge < -0.3 is 5.11 Å². The quantitative estimate of drug-likeness (QED) is 0.535. The van der Waals surface area contributed by atoms with Crippen molar-refractivity contribution in [2.75, 3.05) is 6.61 Å². The molecule has 0 aliphatic carbocycles. The van der Waals surface area contributed by atoms with E-state index in [1.807, 2.05) is 0 Å². The van der Waals surface area contributed by atoms with Gasteiger partial charge in [-0.3, -0.25) is 0 Å². The van der Waals surface area contributed by atoms with Crippen molar-refractivity contribution in [1.82, 2.24) is 0 Å². The van der Waals surface area contributed by atoms with Gasteiger partial charge in [0.2, 0.25) is 0 Å². The molecule has 1 heteroatoms. The first-order valence-electron chi connectivity index (χ1n) is 6.85. The maximum absolute atomic E-state index is 8.91. The number of unbranched alkanes of at least 4 members (excludes halogenated alkanes) is 2. The fraction of sp³-hybridized carbons (Fsp3) is 1.00. The van der Waals surface area contributed by atoms with E-state index in [1.165, 1.54) is 51.4 Å². The Morgan fingerprint density at radius 1 is 0.933 bits per heavy atom. The van der Waals surface area contributed by atoms with Gasteiger partial charge in [0.05, 0.1) is 0 Å². The van der Waals surface area contributed by atoms with Crippen LogP contribution in [0.15, 0.2) is 0 Å². The van der Waals surface area contributed by atoms with Crippen LogP contribution in [0.4, 0.5) is 0 Å². The van der Waals surface area contributed by atoms with Gasteiger partial charge in [-0.15, -0.1) is 0 Å². The summed E-state index contributed by atoms with van der Waals surface area (Å²) in [5.74, 6) is 1.45. The van der Waals surface area contributed by atoms with Crippen molar-refractivity contribution in [2.24, 2.45) is 11.8 Å². The van der Waals surface area contributed by atoms with Crippen molar-refractivity contribution in [2.45, 2.75) is 72.1 Å². The zero-order chi connectivity index (χ0) is 11.5. The van der Waals surface area contributed by atoms with E-state index in [9.17, 15) is 0 Å². The maximum atomic E-state index is 8.91. The molecule has 1 nitrogen and oxygen atoms in total. The van der Waals surface area contributed by atoms with Crippen LogP contribution < -0.4 is 0 Å². The second kappa shape index (κ2) is 10.5. The fourth-order valence-corrected chi connectivity index (χ4v) is 2.06. The van der Waals surface area contributed by atoms with E-state index in [-0.39, 0.29) is 0 Å². The molecule has 0 saturated carbocycles. The lowest BCUT2D eigenvalue weighted by Gasteiger charge is -2.14. The van der Waals surface area contributed by atoms with Crippen LogP contribution in [0.3, 0.4) is 0 Å². The third kappa shape index (κ3) is 8.92. The summed E-state index contributed by atoms with van der Waals surface area (Å²) in [5, 5.41) is 8.91. The minimum absolute atomic E-state index is 0.354. The highest BCUT2D eigenvalue weighted by Gasteiger charge is 2.06. The lowest BCUT2D eigenvalue weighted by atomic mass is 9.92. The number of aliphatic hydroxyl groups is 1. The number of rotatable bonds is 10. The summed E-state index contributed by atoms with van der Waals surface area (Å²) in [4.78, 5) is 0. The van der Waals surface area contributed by atoms with E-state index in [1.54, 1.807) is 0 Å². The second-order valence-corrected chi connectivity index (χ2v) is 4.99. The maximum Gasteiger partial charge on any atom is 0.0456 e. The van der Waals surface area contributed by atoms with E-state index in [4.69, 9.17) is 5.11 Å². The summed E-state index contributed by atoms with van der Waals surface area (Å²) in [7, 11) is 0. The van der Waals surface area contributed by atoms with Crippen molar-refractivity contribution in [1.29, 1.82) is 0 Å². The molecule has 0 radical (unpaired) electrons. The van der Waals surface area contributed by atoms with Gasteiger partial charge in [-0.25, -0.2) is 0 Å². The van der Waals surface area contributed by atoms with Gasteiger partial charge >= 0.3 is 0 Å². The van der Waals surface area contributed by atoms with Gasteiger partial charge in [-0.05, 0) is 18.3 Å². The zero-order valence-electron chi connectivity index (χ0n) is 11.0. The number of aliphatic hydroxyl groups excluding tert-OH is 1. The molecule has 2 atom stereocenters. The van der Waals surface area contributed by atoms with Crippen LogP contribution in [0.2, 0.25) is 0 Å². The standard InChI is InChI=1S/C14H30O/c1-4-6-10-14(5-2)11-8-7-9-13(3)12-15/h13-15H,4-12H2,1-3H3/t13-,14-/m1/s1. The van der Waals surface area contributed by atoms with E-state index in [0.717, 1.165) is 5.92 Å². The molecule has 0 heterocycles. The topological polar surface area (TPSA) is 20.2 Å². The zero-order valence-corrected chi connectivity index (χ0v) is 11.0. The van der Waals surface area contributed by atoms with Gasteiger partial charge in [0.25, 0.3) is 0 Å². The molecule has 0 unspecified atom stereocenters. The third-order valence-electron chi connectivity index (χ3n) is 3.41. The van der Waals surface area contributed by atoms with Crippen LogP contribution in [-0.2, 0) is 0 Å². The highest BCUT2D eigenvalue weighted by atomic mass is 16.3. The van der Waals surface area contributed by atoms with E-state index in [2.05, 4.69) is 20.8 Å². The Balaban J connectivity index is 3.37. The molecule has 0 aromatic carbocycles. The van der Waals surface area contributed by atoms with Crippen LogP contribution in [0.1, 0.15) is 72.1 Å². The van der Waals surface area contributed by atoms with Gasteiger partial charge in [-0.1, -0.05) is 65.7 Å². The van der Waals surface area contributed by atoms with Gasteiger partial charge in [-0.2, -0.15) is 0 Å². The molecule has 0 rings (SSSR count). The largest absolute Gasteiger partial charge is 0.396 e. The Bertz CT molecular complexity index is 123. The SMILES string of the molecule is CCCC[C@@H](CC)CCCC[C@@H](C)CO. The Morgan fingerprint density at radius 2 is 1.53 bits per heavy atom. The minimum Gasteiger partial charge on any atom is -0.396 e. The Labute approximate surface area is 96.3 Å². The summed E-state index contributed by atoms with van der Waals surface area (Å²) in [5.41, 5.74) is 0. The smallest absolute Gasteiger partial charge is 0.0456 e. The highest BCUT2D eigenvalue weighted by molar-refractivity contribution is 4.59. The molecule has 0 aromatic heterocycles. The van der Waals surface area contributed by atoms with Crippen molar-refractivity contribution < 1.29 is 5.11 Å². The Kier molecular flexibility index (Phi) is 10.4. The van der Waals surface area contributed by atoms with E-state index >= 15 is 0 Å². The molecule has 0 bridgehead atoms.